The van der Waals surface area contributed by atoms with Gasteiger partial charge in [-0.2, -0.15) is 0 Å². The van der Waals surface area contributed by atoms with E-state index in [2.05, 4.69) is 0 Å². The fourth-order valence-corrected chi connectivity index (χ4v) is 4.91. The predicted molar refractivity (Wildman–Crippen MR) is 136 cm³/mol. The van der Waals surface area contributed by atoms with Gasteiger partial charge in [0.05, 0.1) is 28.2 Å². The summed E-state index contributed by atoms with van der Waals surface area (Å²) in [5.74, 6) is -0.899. The average molecular weight is 473 g/mol. The molecular weight excluding hydrogens is 446 g/mol. The SMILES string of the molecule is O=C(O)c1ccccc1CCCCCc1ccccc1N(c1ccc2ccccc2c1)S(=O)[O-]. The zero-order chi connectivity index (χ0) is 23.9. The molecule has 0 saturated carbocycles. The van der Waals surface area contributed by atoms with Crippen LogP contribution in [0, 0.1) is 0 Å². The molecule has 0 fully saturated rings. The molecule has 5 nitrogen and oxygen atoms in total. The Bertz CT molecular complexity index is 1320. The lowest BCUT2D eigenvalue weighted by molar-refractivity contribution is 0.0695. The average Bonchev–Trinajstić information content (AvgIpc) is 2.84. The van der Waals surface area contributed by atoms with Gasteiger partial charge in [0.1, 0.15) is 0 Å². The number of unbranched alkanes of at least 4 members (excludes halogenated alkanes) is 2. The Hall–Kier alpha value is -3.48. The number of hydrogen-bond acceptors (Lipinski definition) is 3. The van der Waals surface area contributed by atoms with Crippen molar-refractivity contribution in [3.63, 3.8) is 0 Å². The first-order chi connectivity index (χ1) is 16.5. The molecule has 0 aliphatic rings. The molecule has 1 unspecified atom stereocenters. The fraction of sp³-hybridized carbons (Fsp3) is 0.179. The summed E-state index contributed by atoms with van der Waals surface area (Å²) >= 11 is -2.47. The Labute approximate surface area is 202 Å². The van der Waals surface area contributed by atoms with Gasteiger partial charge >= 0.3 is 5.97 Å². The summed E-state index contributed by atoms with van der Waals surface area (Å²) in [7, 11) is 0. The number of fused-ring (bicyclic) bond motifs is 1. The Morgan fingerprint density at radius 1 is 0.765 bits per heavy atom. The van der Waals surface area contributed by atoms with Crippen LogP contribution in [0.25, 0.3) is 10.8 Å². The summed E-state index contributed by atoms with van der Waals surface area (Å²) in [5.41, 5.74) is 3.43. The van der Waals surface area contributed by atoms with E-state index in [1.54, 1.807) is 12.1 Å². The Morgan fingerprint density at radius 2 is 1.38 bits per heavy atom. The Morgan fingerprint density at radius 3 is 2.12 bits per heavy atom. The molecule has 0 aromatic heterocycles. The first-order valence-electron chi connectivity index (χ1n) is 11.3. The summed E-state index contributed by atoms with van der Waals surface area (Å²) in [6.45, 7) is 0. The molecule has 4 aromatic rings. The number of carboxylic acid groups (broad SMARTS) is 1. The molecule has 0 bridgehead atoms. The molecule has 0 amide bonds. The molecule has 0 aliphatic heterocycles. The maximum absolute atomic E-state index is 12.3. The largest absolute Gasteiger partial charge is 0.755 e. The topological polar surface area (TPSA) is 80.7 Å². The van der Waals surface area contributed by atoms with Crippen LogP contribution in [-0.2, 0) is 24.1 Å². The molecule has 4 aromatic carbocycles. The number of hydrogen-bond donors (Lipinski definition) is 1. The normalized spacial score (nSPS) is 11.9. The van der Waals surface area contributed by atoms with Gasteiger partial charge in [-0.25, -0.2) is 4.79 Å². The van der Waals surface area contributed by atoms with E-state index < -0.39 is 17.2 Å². The van der Waals surface area contributed by atoms with Crippen LogP contribution < -0.4 is 4.31 Å². The minimum atomic E-state index is -2.47. The summed E-state index contributed by atoms with van der Waals surface area (Å²) in [6.07, 6.45) is 4.10. The van der Waals surface area contributed by atoms with Crippen molar-refractivity contribution in [2.75, 3.05) is 4.31 Å². The van der Waals surface area contributed by atoms with Crippen LogP contribution in [-0.4, -0.2) is 19.8 Å². The van der Waals surface area contributed by atoms with Crippen LogP contribution in [0.5, 0.6) is 0 Å². The lowest BCUT2D eigenvalue weighted by Gasteiger charge is -2.29. The number of aromatic carboxylic acids is 1. The van der Waals surface area contributed by atoms with Crippen molar-refractivity contribution in [1.82, 2.24) is 0 Å². The van der Waals surface area contributed by atoms with Gasteiger partial charge in [0, 0.05) is 0 Å². The van der Waals surface area contributed by atoms with Crippen molar-refractivity contribution >= 4 is 39.4 Å². The van der Waals surface area contributed by atoms with Gasteiger partial charge in [-0.05, 0) is 71.8 Å². The monoisotopic (exact) mass is 472 g/mol. The number of carboxylic acids is 1. The third kappa shape index (κ3) is 5.53. The summed E-state index contributed by atoms with van der Waals surface area (Å²) in [6, 6.07) is 28.2. The van der Waals surface area contributed by atoms with E-state index in [9.17, 15) is 18.7 Å². The zero-order valence-electron chi connectivity index (χ0n) is 18.7. The van der Waals surface area contributed by atoms with Crippen LogP contribution in [0.15, 0.2) is 91.0 Å². The highest BCUT2D eigenvalue weighted by molar-refractivity contribution is 7.81. The third-order valence-corrected chi connectivity index (χ3v) is 6.67. The highest BCUT2D eigenvalue weighted by Gasteiger charge is 2.15. The molecule has 0 spiro atoms. The van der Waals surface area contributed by atoms with Gasteiger partial charge in [0.15, 0.2) is 0 Å². The van der Waals surface area contributed by atoms with Gasteiger partial charge < -0.3 is 9.66 Å². The van der Waals surface area contributed by atoms with Crippen molar-refractivity contribution in [2.24, 2.45) is 0 Å². The standard InChI is InChI=1S/C28H27NO4S/c30-28(31)26-16-8-6-12-22(26)11-2-1-3-13-23-14-7-9-17-27(23)29(34(32)33)25-19-18-21-10-4-5-15-24(21)20-25/h4-10,12,14-20H,1-3,11,13H2,(H,30,31)(H,32,33)/p-1. The molecule has 1 atom stereocenters. The van der Waals surface area contributed by atoms with Gasteiger partial charge in [0.2, 0.25) is 0 Å². The highest BCUT2D eigenvalue weighted by Crippen LogP contribution is 2.33. The number of rotatable bonds is 10. The highest BCUT2D eigenvalue weighted by atomic mass is 32.2. The van der Waals surface area contributed by atoms with E-state index in [1.807, 2.05) is 78.9 Å². The second-order valence-corrected chi connectivity index (χ2v) is 8.99. The number of carbonyl (C=O) groups is 1. The first kappa shape index (κ1) is 23.7. The number of aryl methyl sites for hydroxylation is 2. The molecule has 0 aliphatic carbocycles. The molecule has 0 radical (unpaired) electrons. The van der Waals surface area contributed by atoms with Gasteiger partial charge in [-0.3, -0.25) is 8.51 Å². The molecule has 1 N–H and O–H groups in total. The maximum atomic E-state index is 12.3. The summed E-state index contributed by atoms with van der Waals surface area (Å²) in [5, 5.41) is 11.4. The second-order valence-electron chi connectivity index (χ2n) is 8.19. The predicted octanol–water partition coefficient (Wildman–Crippen LogP) is 6.43. The van der Waals surface area contributed by atoms with E-state index in [0.717, 1.165) is 47.6 Å². The van der Waals surface area contributed by atoms with E-state index in [-0.39, 0.29) is 0 Å². The smallest absolute Gasteiger partial charge is 0.335 e. The number of para-hydroxylation sites is 1. The van der Waals surface area contributed by atoms with E-state index >= 15 is 0 Å². The minimum Gasteiger partial charge on any atom is -0.755 e. The van der Waals surface area contributed by atoms with Crippen LogP contribution in [0.1, 0.15) is 40.7 Å². The van der Waals surface area contributed by atoms with E-state index in [1.165, 1.54) is 4.31 Å². The number of anilines is 2. The molecule has 0 saturated heterocycles. The minimum absolute atomic E-state index is 0.358. The van der Waals surface area contributed by atoms with Crippen molar-refractivity contribution < 1.29 is 18.7 Å². The lowest BCUT2D eigenvalue weighted by Crippen LogP contribution is -2.20. The summed E-state index contributed by atoms with van der Waals surface area (Å²) < 4.78 is 25.9. The Balaban J connectivity index is 1.46. The summed E-state index contributed by atoms with van der Waals surface area (Å²) in [4.78, 5) is 11.4. The Kier molecular flexibility index (Phi) is 7.72. The van der Waals surface area contributed by atoms with Crippen molar-refractivity contribution in [1.29, 1.82) is 0 Å². The van der Waals surface area contributed by atoms with Crippen molar-refractivity contribution in [2.45, 2.75) is 32.1 Å². The quantitative estimate of drug-likeness (QED) is 0.213. The van der Waals surface area contributed by atoms with Gasteiger partial charge in [-0.15, -0.1) is 0 Å². The molecule has 174 valence electrons. The molecule has 6 heteroatoms. The fourth-order valence-electron chi connectivity index (χ4n) is 4.28. The number of nitrogens with zero attached hydrogens (tertiary/aromatic N) is 1. The first-order valence-corrected chi connectivity index (χ1v) is 12.3. The van der Waals surface area contributed by atoms with Crippen molar-refractivity contribution in [3.05, 3.63) is 108 Å². The maximum Gasteiger partial charge on any atom is 0.335 e. The number of benzene rings is 4. The van der Waals surface area contributed by atoms with Gasteiger partial charge in [0.25, 0.3) is 0 Å². The molecule has 4 rings (SSSR count). The van der Waals surface area contributed by atoms with Gasteiger partial charge in [-0.1, -0.05) is 73.2 Å². The van der Waals surface area contributed by atoms with Crippen LogP contribution >= 0.6 is 0 Å². The van der Waals surface area contributed by atoms with Crippen LogP contribution in [0.3, 0.4) is 0 Å². The van der Waals surface area contributed by atoms with Crippen LogP contribution in [0.4, 0.5) is 11.4 Å². The third-order valence-electron chi connectivity index (χ3n) is 5.97. The van der Waals surface area contributed by atoms with Crippen molar-refractivity contribution in [3.8, 4) is 0 Å². The van der Waals surface area contributed by atoms with Crippen LogP contribution in [0.2, 0.25) is 0 Å². The molecule has 34 heavy (non-hydrogen) atoms. The molecular formula is C28H26NO4S-. The van der Waals surface area contributed by atoms with E-state index in [0.29, 0.717) is 23.4 Å². The second kappa shape index (κ2) is 11.1. The lowest BCUT2D eigenvalue weighted by atomic mass is 9.99. The molecule has 0 heterocycles. The van der Waals surface area contributed by atoms with E-state index in [4.69, 9.17) is 0 Å². The zero-order valence-corrected chi connectivity index (χ0v) is 19.5.